The van der Waals surface area contributed by atoms with Crippen LogP contribution in [-0.4, -0.2) is 20.6 Å². The minimum Gasteiger partial charge on any atom is -0.319 e. The Labute approximate surface area is 123 Å². The fraction of sp³-hybridized carbons (Fsp3) is 0.0909. The van der Waals surface area contributed by atoms with Crippen molar-refractivity contribution in [2.24, 2.45) is 0 Å². The first-order chi connectivity index (χ1) is 9.45. The van der Waals surface area contributed by atoms with Crippen molar-refractivity contribution in [3.05, 3.63) is 50.8 Å². The molecule has 20 heavy (non-hydrogen) atoms. The molecule has 104 valence electrons. The van der Waals surface area contributed by atoms with Crippen LogP contribution in [0.4, 0.5) is 11.4 Å². The second kappa shape index (κ2) is 5.89. The highest BCUT2D eigenvalue weighted by Gasteiger charge is 2.16. The molecule has 1 N–H and O–H groups in total. The van der Waals surface area contributed by atoms with Crippen molar-refractivity contribution in [2.75, 3.05) is 5.32 Å². The molecule has 0 bridgehead atoms. The molecular formula is C11H8Cl2N4O3. The lowest BCUT2D eigenvalue weighted by Crippen LogP contribution is -2.19. The highest BCUT2D eigenvalue weighted by Crippen LogP contribution is 2.27. The molecule has 0 saturated carbocycles. The predicted molar refractivity (Wildman–Crippen MR) is 74.0 cm³/mol. The lowest BCUT2D eigenvalue weighted by molar-refractivity contribution is -0.383. The van der Waals surface area contributed by atoms with Gasteiger partial charge in [-0.2, -0.15) is 5.10 Å². The first kappa shape index (κ1) is 14.3. The van der Waals surface area contributed by atoms with Gasteiger partial charge in [0.25, 0.3) is 5.69 Å². The van der Waals surface area contributed by atoms with E-state index in [9.17, 15) is 14.9 Å². The highest BCUT2D eigenvalue weighted by atomic mass is 35.5. The fourth-order valence-electron chi connectivity index (χ4n) is 1.52. The van der Waals surface area contributed by atoms with Gasteiger partial charge in [0, 0.05) is 17.3 Å². The third kappa shape index (κ3) is 3.46. The summed E-state index contributed by atoms with van der Waals surface area (Å²) < 4.78 is 1.32. The fourth-order valence-corrected chi connectivity index (χ4v) is 1.85. The van der Waals surface area contributed by atoms with Crippen LogP contribution in [-0.2, 0) is 11.3 Å². The number of halogens is 2. The van der Waals surface area contributed by atoms with E-state index in [-0.39, 0.29) is 22.9 Å². The van der Waals surface area contributed by atoms with Gasteiger partial charge in [0.1, 0.15) is 12.2 Å². The summed E-state index contributed by atoms with van der Waals surface area (Å²) in [4.78, 5) is 22.0. The number of nitro benzene ring substituents is 1. The number of nitro groups is 1. The standard InChI is InChI=1S/C11H8Cl2N4O3/c12-7-1-2-9(10(3-7)17(19)20)15-11(18)6-16-5-8(13)4-14-16/h1-5H,6H2,(H,15,18). The second-order valence-electron chi connectivity index (χ2n) is 3.82. The van der Waals surface area contributed by atoms with E-state index in [0.717, 1.165) is 0 Å². The summed E-state index contributed by atoms with van der Waals surface area (Å²) in [5.41, 5.74) is -0.202. The van der Waals surface area contributed by atoms with E-state index in [1.165, 1.54) is 35.3 Å². The Morgan fingerprint density at radius 2 is 2.15 bits per heavy atom. The van der Waals surface area contributed by atoms with Crippen LogP contribution in [0.1, 0.15) is 0 Å². The van der Waals surface area contributed by atoms with Crippen LogP contribution in [0.15, 0.2) is 30.6 Å². The molecule has 0 spiro atoms. The second-order valence-corrected chi connectivity index (χ2v) is 4.70. The molecular weight excluding hydrogens is 307 g/mol. The predicted octanol–water partition coefficient (Wildman–Crippen LogP) is 2.74. The number of amides is 1. The number of hydrogen-bond donors (Lipinski definition) is 1. The number of carbonyl (C=O) groups excluding carboxylic acids is 1. The zero-order valence-electron chi connectivity index (χ0n) is 9.92. The monoisotopic (exact) mass is 314 g/mol. The Bertz CT molecular complexity index is 671. The van der Waals surface area contributed by atoms with Crippen LogP contribution in [0, 0.1) is 10.1 Å². The van der Waals surface area contributed by atoms with Gasteiger partial charge in [-0.05, 0) is 12.1 Å². The van der Waals surface area contributed by atoms with Crippen molar-refractivity contribution in [3.63, 3.8) is 0 Å². The number of nitrogens with one attached hydrogen (secondary N) is 1. The van der Waals surface area contributed by atoms with Gasteiger partial charge < -0.3 is 5.32 Å². The van der Waals surface area contributed by atoms with Crippen molar-refractivity contribution in [2.45, 2.75) is 6.54 Å². The van der Waals surface area contributed by atoms with Crippen LogP contribution in [0.25, 0.3) is 0 Å². The van der Waals surface area contributed by atoms with E-state index in [4.69, 9.17) is 23.2 Å². The lowest BCUT2D eigenvalue weighted by Gasteiger charge is -2.06. The Balaban J connectivity index is 2.13. The van der Waals surface area contributed by atoms with Crippen LogP contribution in [0.3, 0.4) is 0 Å². The molecule has 0 aliphatic heterocycles. The first-order valence-electron chi connectivity index (χ1n) is 5.37. The molecule has 1 amide bonds. The minimum absolute atomic E-state index is 0.0719. The van der Waals surface area contributed by atoms with Crippen LogP contribution < -0.4 is 5.32 Å². The van der Waals surface area contributed by atoms with Crippen LogP contribution in [0.2, 0.25) is 10.0 Å². The van der Waals surface area contributed by atoms with Gasteiger partial charge in [-0.15, -0.1) is 0 Å². The Morgan fingerprint density at radius 1 is 1.40 bits per heavy atom. The molecule has 1 heterocycles. The van der Waals surface area contributed by atoms with E-state index in [1.807, 2.05) is 0 Å². The van der Waals surface area contributed by atoms with Crippen LogP contribution in [0.5, 0.6) is 0 Å². The van der Waals surface area contributed by atoms with E-state index >= 15 is 0 Å². The first-order valence-corrected chi connectivity index (χ1v) is 6.13. The number of anilines is 1. The summed E-state index contributed by atoms with van der Waals surface area (Å²) in [5, 5.41) is 17.8. The van der Waals surface area contributed by atoms with Crippen LogP contribution >= 0.6 is 23.2 Å². The quantitative estimate of drug-likeness (QED) is 0.694. The molecule has 0 fully saturated rings. The van der Waals surface area contributed by atoms with Gasteiger partial charge >= 0.3 is 0 Å². The average Bonchev–Trinajstić information content (AvgIpc) is 2.76. The van der Waals surface area contributed by atoms with Gasteiger partial charge in [0.15, 0.2) is 0 Å². The van der Waals surface area contributed by atoms with Gasteiger partial charge in [0.2, 0.25) is 5.91 Å². The number of carbonyl (C=O) groups is 1. The van der Waals surface area contributed by atoms with Crippen molar-refractivity contribution in [1.82, 2.24) is 9.78 Å². The maximum atomic E-state index is 11.8. The summed E-state index contributed by atoms with van der Waals surface area (Å²) in [6.07, 6.45) is 2.86. The molecule has 0 aliphatic carbocycles. The van der Waals surface area contributed by atoms with Crippen molar-refractivity contribution in [3.8, 4) is 0 Å². The topological polar surface area (TPSA) is 90.1 Å². The molecule has 0 unspecified atom stereocenters. The summed E-state index contributed by atoms with van der Waals surface area (Å²) in [6.45, 7) is -0.105. The average molecular weight is 315 g/mol. The Hall–Kier alpha value is -2.12. The normalized spacial score (nSPS) is 10.3. The highest BCUT2D eigenvalue weighted by molar-refractivity contribution is 6.31. The SMILES string of the molecule is O=C(Cn1cc(Cl)cn1)Nc1ccc(Cl)cc1[N+](=O)[O-]. The molecule has 0 saturated heterocycles. The van der Waals surface area contributed by atoms with E-state index in [1.54, 1.807) is 0 Å². The molecule has 0 radical (unpaired) electrons. The third-order valence-electron chi connectivity index (χ3n) is 2.34. The Kier molecular flexibility index (Phi) is 4.21. The maximum Gasteiger partial charge on any atom is 0.294 e. The van der Waals surface area contributed by atoms with E-state index in [0.29, 0.717) is 5.02 Å². The molecule has 9 heteroatoms. The molecule has 1 aromatic heterocycles. The van der Waals surface area contributed by atoms with Crippen molar-refractivity contribution in [1.29, 1.82) is 0 Å². The smallest absolute Gasteiger partial charge is 0.294 e. The maximum absolute atomic E-state index is 11.8. The molecule has 2 rings (SSSR count). The summed E-state index contributed by atoms with van der Waals surface area (Å²) >= 11 is 11.4. The van der Waals surface area contributed by atoms with Crippen molar-refractivity contribution < 1.29 is 9.72 Å². The number of nitrogens with zero attached hydrogens (tertiary/aromatic N) is 3. The minimum atomic E-state index is -0.619. The number of benzene rings is 1. The molecule has 7 nitrogen and oxygen atoms in total. The summed E-state index contributed by atoms with van der Waals surface area (Å²) in [5.74, 6) is -0.463. The van der Waals surface area contributed by atoms with Gasteiger partial charge in [0.05, 0.1) is 16.1 Å². The molecule has 0 aliphatic rings. The number of rotatable bonds is 4. The van der Waals surface area contributed by atoms with Gasteiger partial charge in [-0.1, -0.05) is 23.2 Å². The Morgan fingerprint density at radius 3 is 2.75 bits per heavy atom. The summed E-state index contributed by atoms with van der Waals surface area (Å²) in [6, 6.07) is 3.99. The lowest BCUT2D eigenvalue weighted by atomic mass is 10.2. The number of hydrogen-bond acceptors (Lipinski definition) is 4. The van der Waals surface area contributed by atoms with E-state index < -0.39 is 10.8 Å². The zero-order valence-corrected chi connectivity index (χ0v) is 11.4. The number of aromatic nitrogens is 2. The third-order valence-corrected chi connectivity index (χ3v) is 2.77. The molecule has 1 aromatic carbocycles. The summed E-state index contributed by atoms with van der Waals surface area (Å²) in [7, 11) is 0. The zero-order chi connectivity index (χ0) is 14.7. The molecule has 0 atom stereocenters. The van der Waals surface area contributed by atoms with E-state index in [2.05, 4.69) is 10.4 Å². The van der Waals surface area contributed by atoms with Crippen molar-refractivity contribution >= 4 is 40.5 Å². The molecule has 2 aromatic rings. The largest absolute Gasteiger partial charge is 0.319 e. The van der Waals surface area contributed by atoms with Gasteiger partial charge in [-0.25, -0.2) is 0 Å². The van der Waals surface area contributed by atoms with Gasteiger partial charge in [-0.3, -0.25) is 19.6 Å².